The fourth-order valence-electron chi connectivity index (χ4n) is 2.59. The van der Waals surface area contributed by atoms with Crippen LogP contribution in [0.5, 0.6) is 23.0 Å². The van der Waals surface area contributed by atoms with Gasteiger partial charge in [0.2, 0.25) is 0 Å². The number of carbonyl (C=O) groups is 1. The van der Waals surface area contributed by atoms with Crippen LogP contribution in [0.1, 0.15) is 25.0 Å². The van der Waals surface area contributed by atoms with Crippen molar-refractivity contribution < 1.29 is 28.8 Å². The van der Waals surface area contributed by atoms with Crippen LogP contribution in [0, 0.1) is 0 Å². The fourth-order valence-corrected chi connectivity index (χ4v) is 2.59. The zero-order valence-corrected chi connectivity index (χ0v) is 15.9. The summed E-state index contributed by atoms with van der Waals surface area (Å²) >= 11 is 0. The van der Waals surface area contributed by atoms with Crippen molar-refractivity contribution in [2.24, 2.45) is 0 Å². The number of carboxylic acids is 1. The average molecular weight is 371 g/mol. The van der Waals surface area contributed by atoms with Crippen molar-refractivity contribution in [2.45, 2.75) is 13.8 Å². The molecule has 0 saturated heterocycles. The number of rotatable bonds is 9. The van der Waals surface area contributed by atoms with Crippen molar-refractivity contribution in [1.29, 1.82) is 0 Å². The van der Waals surface area contributed by atoms with Gasteiger partial charge in [0, 0.05) is 5.57 Å². The smallest absolute Gasteiger partial charge is 0.161 e. The molecule has 144 valence electrons. The Morgan fingerprint density at radius 1 is 0.889 bits per heavy atom. The molecule has 0 radical (unpaired) electrons. The molecule has 2 aromatic rings. The molecule has 0 spiro atoms. The van der Waals surface area contributed by atoms with E-state index in [4.69, 9.17) is 18.9 Å². The van der Waals surface area contributed by atoms with Crippen LogP contribution in [0.15, 0.2) is 36.4 Å². The van der Waals surface area contributed by atoms with Crippen molar-refractivity contribution in [3.05, 3.63) is 47.5 Å². The highest BCUT2D eigenvalue weighted by Gasteiger charge is 2.11. The Hall–Kier alpha value is -3.15. The SMILES string of the molecule is CCOc1ccc(/C(=C/c2ccc(OC)c(OC)c2)C(=O)[O-])cc1OCC. The summed E-state index contributed by atoms with van der Waals surface area (Å²) < 4.78 is 21.6. The van der Waals surface area contributed by atoms with Gasteiger partial charge in [0.25, 0.3) is 0 Å². The van der Waals surface area contributed by atoms with Crippen LogP contribution in [0.2, 0.25) is 0 Å². The highest BCUT2D eigenvalue weighted by Crippen LogP contribution is 2.33. The number of methoxy groups -OCH3 is 2. The van der Waals surface area contributed by atoms with Gasteiger partial charge >= 0.3 is 0 Å². The minimum absolute atomic E-state index is 0.0196. The standard InChI is InChI=1S/C21H24O6/c1-5-26-18-10-8-15(13-20(18)27-6-2)16(21(22)23)11-14-7-9-17(24-3)19(12-14)25-4/h7-13H,5-6H2,1-4H3,(H,22,23)/p-1/b16-11-. The van der Waals surface area contributed by atoms with E-state index in [2.05, 4.69) is 0 Å². The summed E-state index contributed by atoms with van der Waals surface area (Å²) in [5, 5.41) is 11.8. The Morgan fingerprint density at radius 3 is 2.11 bits per heavy atom. The topological polar surface area (TPSA) is 77.1 Å². The molecule has 0 saturated carbocycles. The number of carbonyl (C=O) groups excluding carboxylic acids is 1. The second kappa shape index (κ2) is 9.52. The summed E-state index contributed by atoms with van der Waals surface area (Å²) in [5.41, 5.74) is 1.11. The molecule has 27 heavy (non-hydrogen) atoms. The molecular weight excluding hydrogens is 348 g/mol. The van der Waals surface area contributed by atoms with E-state index in [1.54, 1.807) is 36.4 Å². The van der Waals surface area contributed by atoms with Gasteiger partial charge in [-0.3, -0.25) is 0 Å². The maximum Gasteiger partial charge on any atom is 0.161 e. The molecule has 2 aromatic carbocycles. The summed E-state index contributed by atoms with van der Waals surface area (Å²) in [7, 11) is 3.06. The van der Waals surface area contributed by atoms with Crippen molar-refractivity contribution in [2.75, 3.05) is 27.4 Å². The molecule has 0 unspecified atom stereocenters. The lowest BCUT2D eigenvalue weighted by Gasteiger charge is -2.15. The van der Waals surface area contributed by atoms with Crippen LogP contribution < -0.4 is 24.1 Å². The first-order valence-corrected chi connectivity index (χ1v) is 8.59. The molecule has 0 bridgehead atoms. The molecule has 0 N–H and O–H groups in total. The summed E-state index contributed by atoms with van der Waals surface area (Å²) in [6, 6.07) is 10.1. The normalized spacial score (nSPS) is 11.0. The zero-order chi connectivity index (χ0) is 19.8. The monoisotopic (exact) mass is 371 g/mol. The third-order valence-corrected chi connectivity index (χ3v) is 3.79. The highest BCUT2D eigenvalue weighted by atomic mass is 16.5. The molecule has 0 aliphatic carbocycles. The van der Waals surface area contributed by atoms with E-state index in [0.717, 1.165) is 0 Å². The van der Waals surface area contributed by atoms with Crippen LogP contribution >= 0.6 is 0 Å². The zero-order valence-electron chi connectivity index (χ0n) is 15.9. The maximum absolute atomic E-state index is 11.8. The van der Waals surface area contributed by atoms with Crippen LogP contribution in [-0.2, 0) is 4.79 Å². The van der Waals surface area contributed by atoms with E-state index >= 15 is 0 Å². The molecule has 6 heteroatoms. The molecular formula is C21H23O6-. The first-order chi connectivity index (χ1) is 13.0. The number of carboxylic acid groups (broad SMARTS) is 1. The largest absolute Gasteiger partial charge is 0.545 e. The van der Waals surface area contributed by atoms with Crippen LogP contribution in [-0.4, -0.2) is 33.4 Å². The fraction of sp³-hybridized carbons (Fsp3) is 0.286. The van der Waals surface area contributed by atoms with Crippen LogP contribution in [0.25, 0.3) is 11.6 Å². The number of aliphatic carboxylic acids is 1. The Morgan fingerprint density at radius 2 is 1.52 bits per heavy atom. The maximum atomic E-state index is 11.8. The van der Waals surface area contributed by atoms with Gasteiger partial charge in [-0.15, -0.1) is 0 Å². The Kier molecular flexibility index (Phi) is 7.11. The molecule has 0 fully saturated rings. The minimum Gasteiger partial charge on any atom is -0.545 e. The van der Waals surface area contributed by atoms with Gasteiger partial charge in [-0.1, -0.05) is 12.1 Å². The quantitative estimate of drug-likeness (QED) is 0.498. The third kappa shape index (κ3) is 4.94. The lowest BCUT2D eigenvalue weighted by atomic mass is 10.0. The summed E-state index contributed by atoms with van der Waals surface area (Å²) in [6.45, 7) is 4.63. The van der Waals surface area contributed by atoms with Gasteiger partial charge < -0.3 is 28.8 Å². The van der Waals surface area contributed by atoms with Crippen LogP contribution in [0.3, 0.4) is 0 Å². The van der Waals surface area contributed by atoms with Crippen LogP contribution in [0.4, 0.5) is 0 Å². The van der Waals surface area contributed by atoms with E-state index in [0.29, 0.717) is 47.3 Å². The van der Waals surface area contributed by atoms with Crippen molar-refractivity contribution in [1.82, 2.24) is 0 Å². The second-order valence-corrected chi connectivity index (χ2v) is 5.49. The number of hydrogen-bond acceptors (Lipinski definition) is 6. The lowest BCUT2D eigenvalue weighted by molar-refractivity contribution is -0.295. The van der Waals surface area contributed by atoms with E-state index in [1.165, 1.54) is 20.3 Å². The summed E-state index contributed by atoms with van der Waals surface area (Å²) in [6.07, 6.45) is 1.52. The molecule has 6 nitrogen and oxygen atoms in total. The highest BCUT2D eigenvalue weighted by molar-refractivity contribution is 6.19. The van der Waals surface area contributed by atoms with Gasteiger partial charge in [0.1, 0.15) is 0 Å². The van der Waals surface area contributed by atoms with Gasteiger partial charge in [-0.25, -0.2) is 0 Å². The van der Waals surface area contributed by atoms with E-state index < -0.39 is 5.97 Å². The molecule has 0 aliphatic heterocycles. The van der Waals surface area contributed by atoms with Crippen molar-refractivity contribution >= 4 is 17.6 Å². The molecule has 0 amide bonds. The second-order valence-electron chi connectivity index (χ2n) is 5.49. The van der Waals surface area contributed by atoms with E-state index in [1.807, 2.05) is 13.8 Å². The number of hydrogen-bond donors (Lipinski definition) is 0. The number of benzene rings is 2. The molecule has 0 aromatic heterocycles. The van der Waals surface area contributed by atoms with E-state index in [-0.39, 0.29) is 5.57 Å². The predicted octanol–water partition coefficient (Wildman–Crippen LogP) is 2.79. The first kappa shape index (κ1) is 20.2. The van der Waals surface area contributed by atoms with E-state index in [9.17, 15) is 9.90 Å². The summed E-state index contributed by atoms with van der Waals surface area (Å²) in [4.78, 5) is 11.8. The Bertz CT molecular complexity index is 825. The Labute approximate surface area is 158 Å². The van der Waals surface area contributed by atoms with Crippen molar-refractivity contribution in [3.8, 4) is 23.0 Å². The molecule has 0 heterocycles. The minimum atomic E-state index is -1.30. The van der Waals surface area contributed by atoms with Gasteiger partial charge in [0.15, 0.2) is 23.0 Å². The lowest BCUT2D eigenvalue weighted by Crippen LogP contribution is -2.23. The molecule has 0 atom stereocenters. The van der Waals surface area contributed by atoms with Gasteiger partial charge in [-0.05, 0) is 55.3 Å². The summed E-state index contributed by atoms with van der Waals surface area (Å²) in [5.74, 6) is 0.814. The molecule has 2 rings (SSSR count). The Balaban J connectivity index is 2.50. The third-order valence-electron chi connectivity index (χ3n) is 3.79. The predicted molar refractivity (Wildman–Crippen MR) is 101 cm³/mol. The molecule has 0 aliphatic rings. The first-order valence-electron chi connectivity index (χ1n) is 8.59. The number of ether oxygens (including phenoxy) is 4. The van der Waals surface area contributed by atoms with Gasteiger partial charge in [0.05, 0.1) is 33.4 Å². The average Bonchev–Trinajstić information content (AvgIpc) is 2.67. The van der Waals surface area contributed by atoms with Gasteiger partial charge in [-0.2, -0.15) is 0 Å². The van der Waals surface area contributed by atoms with Crippen molar-refractivity contribution in [3.63, 3.8) is 0 Å².